The van der Waals surface area contributed by atoms with E-state index in [4.69, 9.17) is 28.6 Å². The molecule has 1 unspecified atom stereocenters. The standard InChI is InChI=1S/C22H23ClN2O2S/c1-4-25-14(2)20(15(3)26)21(24-22(25)28)18-7-5-6-8-19(18)27-13-16-9-11-17(23)12-10-16/h5-12,21H,4,13H2,1-3H3,(H,24,28). The molecule has 0 saturated carbocycles. The summed E-state index contributed by atoms with van der Waals surface area (Å²) >= 11 is 11.5. The van der Waals surface area contributed by atoms with E-state index in [1.165, 1.54) is 0 Å². The first-order valence-electron chi connectivity index (χ1n) is 9.18. The summed E-state index contributed by atoms with van der Waals surface area (Å²) in [4.78, 5) is 14.4. The highest BCUT2D eigenvalue weighted by Crippen LogP contribution is 2.35. The van der Waals surface area contributed by atoms with Crippen LogP contribution in [0.15, 0.2) is 59.8 Å². The third kappa shape index (κ3) is 4.21. The summed E-state index contributed by atoms with van der Waals surface area (Å²) in [5.74, 6) is 0.734. The van der Waals surface area contributed by atoms with Crippen LogP contribution in [0.1, 0.15) is 37.9 Å². The van der Waals surface area contributed by atoms with Gasteiger partial charge in [0.05, 0.1) is 6.04 Å². The fraction of sp³-hybridized carbons (Fsp3) is 0.273. The van der Waals surface area contributed by atoms with Gasteiger partial charge in [-0.1, -0.05) is 41.9 Å². The maximum absolute atomic E-state index is 12.5. The van der Waals surface area contributed by atoms with Gasteiger partial charge in [-0.15, -0.1) is 0 Å². The number of rotatable bonds is 6. The van der Waals surface area contributed by atoms with E-state index >= 15 is 0 Å². The van der Waals surface area contributed by atoms with Crippen LogP contribution >= 0.6 is 23.8 Å². The normalized spacial score (nSPS) is 16.8. The third-order valence-electron chi connectivity index (χ3n) is 4.83. The Morgan fingerprint density at radius 3 is 2.54 bits per heavy atom. The smallest absolute Gasteiger partial charge is 0.173 e. The van der Waals surface area contributed by atoms with Crippen molar-refractivity contribution in [3.63, 3.8) is 0 Å². The van der Waals surface area contributed by atoms with E-state index in [2.05, 4.69) is 5.32 Å². The van der Waals surface area contributed by atoms with E-state index in [1.807, 2.05) is 67.3 Å². The predicted octanol–water partition coefficient (Wildman–Crippen LogP) is 5.03. The van der Waals surface area contributed by atoms with Gasteiger partial charge in [0.2, 0.25) is 0 Å². The van der Waals surface area contributed by atoms with E-state index in [9.17, 15) is 4.79 Å². The molecule has 2 aromatic carbocycles. The number of carbonyl (C=O) groups excluding carboxylic acids is 1. The molecule has 0 aliphatic carbocycles. The SMILES string of the molecule is CCN1C(=S)NC(c2ccccc2OCc2ccc(Cl)cc2)C(C(C)=O)=C1C. The van der Waals surface area contributed by atoms with Gasteiger partial charge in [-0.3, -0.25) is 4.79 Å². The first-order valence-corrected chi connectivity index (χ1v) is 9.97. The summed E-state index contributed by atoms with van der Waals surface area (Å²) in [6.07, 6.45) is 0. The average molecular weight is 415 g/mol. The van der Waals surface area contributed by atoms with Crippen LogP contribution < -0.4 is 10.1 Å². The monoisotopic (exact) mass is 414 g/mol. The van der Waals surface area contributed by atoms with Crippen molar-refractivity contribution in [2.45, 2.75) is 33.4 Å². The largest absolute Gasteiger partial charge is 0.489 e. The van der Waals surface area contributed by atoms with E-state index < -0.39 is 0 Å². The number of carbonyl (C=O) groups is 1. The number of hydrogen-bond donors (Lipinski definition) is 1. The number of para-hydroxylation sites is 1. The zero-order valence-corrected chi connectivity index (χ0v) is 17.7. The molecule has 0 saturated heterocycles. The molecule has 6 heteroatoms. The van der Waals surface area contributed by atoms with Crippen molar-refractivity contribution in [3.8, 4) is 5.75 Å². The van der Waals surface area contributed by atoms with Gasteiger partial charge in [-0.2, -0.15) is 0 Å². The van der Waals surface area contributed by atoms with E-state index in [-0.39, 0.29) is 11.8 Å². The fourth-order valence-corrected chi connectivity index (χ4v) is 3.95. The minimum atomic E-state index is -0.339. The van der Waals surface area contributed by atoms with Crippen LogP contribution in [0, 0.1) is 0 Å². The van der Waals surface area contributed by atoms with Gasteiger partial charge < -0.3 is 15.0 Å². The molecule has 1 N–H and O–H groups in total. The van der Waals surface area contributed by atoms with Crippen molar-refractivity contribution in [3.05, 3.63) is 76.0 Å². The third-order valence-corrected chi connectivity index (χ3v) is 5.42. The number of hydrogen-bond acceptors (Lipinski definition) is 3. The second-order valence-electron chi connectivity index (χ2n) is 6.64. The number of Topliss-reactive ketones (excluding diaryl/α,β-unsaturated/α-hetero) is 1. The molecule has 28 heavy (non-hydrogen) atoms. The van der Waals surface area contributed by atoms with Crippen molar-refractivity contribution in [1.82, 2.24) is 10.2 Å². The van der Waals surface area contributed by atoms with Crippen LogP contribution in [0.3, 0.4) is 0 Å². The Balaban J connectivity index is 1.94. The van der Waals surface area contributed by atoms with Gasteiger partial charge in [0.15, 0.2) is 10.9 Å². The van der Waals surface area contributed by atoms with Gasteiger partial charge in [-0.05, 0) is 56.8 Å². The maximum Gasteiger partial charge on any atom is 0.173 e. The lowest BCUT2D eigenvalue weighted by Crippen LogP contribution is -2.47. The Morgan fingerprint density at radius 2 is 1.89 bits per heavy atom. The molecular formula is C22H23ClN2O2S. The number of benzene rings is 2. The number of thiocarbonyl (C=S) groups is 1. The first kappa shape index (κ1) is 20.4. The number of ketones is 1. The van der Waals surface area contributed by atoms with Crippen molar-refractivity contribution < 1.29 is 9.53 Å². The lowest BCUT2D eigenvalue weighted by molar-refractivity contribution is -0.114. The van der Waals surface area contributed by atoms with Crippen LogP contribution in [0.25, 0.3) is 0 Å². The van der Waals surface area contributed by atoms with Gasteiger partial charge in [0.1, 0.15) is 12.4 Å². The quantitative estimate of drug-likeness (QED) is 0.671. The van der Waals surface area contributed by atoms with Crippen LogP contribution in [0.2, 0.25) is 5.02 Å². The van der Waals surface area contributed by atoms with Crippen molar-refractivity contribution in [2.24, 2.45) is 0 Å². The molecule has 0 fully saturated rings. The summed E-state index contributed by atoms with van der Waals surface area (Å²) in [7, 11) is 0. The Morgan fingerprint density at radius 1 is 1.21 bits per heavy atom. The highest BCUT2D eigenvalue weighted by molar-refractivity contribution is 7.80. The van der Waals surface area contributed by atoms with Gasteiger partial charge in [0, 0.05) is 28.4 Å². The number of halogens is 1. The molecule has 0 radical (unpaired) electrons. The van der Waals surface area contributed by atoms with Crippen LogP contribution in [0.5, 0.6) is 5.75 Å². The molecule has 4 nitrogen and oxygen atoms in total. The average Bonchev–Trinajstić information content (AvgIpc) is 2.67. The zero-order chi connectivity index (χ0) is 20.3. The molecule has 0 aromatic heterocycles. The van der Waals surface area contributed by atoms with Crippen molar-refractivity contribution in [1.29, 1.82) is 0 Å². The Kier molecular flexibility index (Phi) is 6.37. The van der Waals surface area contributed by atoms with Gasteiger partial charge in [-0.25, -0.2) is 0 Å². The molecular weight excluding hydrogens is 392 g/mol. The van der Waals surface area contributed by atoms with Gasteiger partial charge >= 0.3 is 0 Å². The van der Waals surface area contributed by atoms with Crippen LogP contribution in [-0.2, 0) is 11.4 Å². The number of nitrogens with one attached hydrogen (secondary N) is 1. The zero-order valence-electron chi connectivity index (χ0n) is 16.2. The number of nitrogens with zero attached hydrogens (tertiary/aromatic N) is 1. The molecule has 2 aromatic rings. The van der Waals surface area contributed by atoms with E-state index in [1.54, 1.807) is 6.92 Å². The Labute approximate surface area is 176 Å². The molecule has 3 rings (SSSR count). The highest BCUT2D eigenvalue weighted by Gasteiger charge is 2.33. The highest BCUT2D eigenvalue weighted by atomic mass is 35.5. The first-order chi connectivity index (χ1) is 13.4. The molecule has 1 heterocycles. The molecule has 1 aliphatic rings. The lowest BCUT2D eigenvalue weighted by atomic mass is 9.92. The summed E-state index contributed by atoms with van der Waals surface area (Å²) in [5, 5.41) is 4.63. The second-order valence-corrected chi connectivity index (χ2v) is 7.46. The van der Waals surface area contributed by atoms with Gasteiger partial charge in [0.25, 0.3) is 0 Å². The summed E-state index contributed by atoms with van der Waals surface area (Å²) in [5.41, 5.74) is 3.50. The molecule has 0 amide bonds. The summed E-state index contributed by atoms with van der Waals surface area (Å²) in [6, 6.07) is 14.9. The molecule has 1 aliphatic heterocycles. The van der Waals surface area contributed by atoms with Crippen LogP contribution in [0.4, 0.5) is 0 Å². The lowest BCUT2D eigenvalue weighted by Gasteiger charge is -2.37. The van der Waals surface area contributed by atoms with Crippen LogP contribution in [-0.4, -0.2) is 22.3 Å². The topological polar surface area (TPSA) is 41.6 Å². The predicted molar refractivity (Wildman–Crippen MR) is 116 cm³/mol. The molecule has 146 valence electrons. The second kappa shape index (κ2) is 8.76. The fourth-order valence-electron chi connectivity index (χ4n) is 3.44. The Hall–Kier alpha value is -2.37. The molecule has 0 bridgehead atoms. The minimum absolute atomic E-state index is 0.0171. The molecule has 0 spiro atoms. The minimum Gasteiger partial charge on any atom is -0.489 e. The summed E-state index contributed by atoms with van der Waals surface area (Å²) < 4.78 is 6.09. The maximum atomic E-state index is 12.5. The van der Waals surface area contributed by atoms with E-state index in [0.29, 0.717) is 34.6 Å². The molecule has 1 atom stereocenters. The number of ether oxygens (including phenoxy) is 1. The summed E-state index contributed by atoms with van der Waals surface area (Å²) in [6.45, 7) is 6.66. The van der Waals surface area contributed by atoms with Crippen molar-refractivity contribution in [2.75, 3.05) is 6.54 Å². The Bertz CT molecular complexity index is 924. The van der Waals surface area contributed by atoms with Crippen molar-refractivity contribution >= 4 is 34.7 Å². The number of allylic oxidation sites excluding steroid dienone is 1. The van der Waals surface area contributed by atoms with E-state index in [0.717, 1.165) is 16.8 Å².